The molecule has 1 fully saturated rings. The first-order chi connectivity index (χ1) is 21.7. The third kappa shape index (κ3) is 8.20. The molecular weight excluding hydrogens is 613 g/mol. The molecule has 1 heterocycles. The summed E-state index contributed by atoms with van der Waals surface area (Å²) in [5.74, 6) is -2.08. The molecule has 0 atom stereocenters. The van der Waals surface area contributed by atoms with Crippen LogP contribution < -0.4 is 24.8 Å². The van der Waals surface area contributed by atoms with E-state index in [1.165, 1.54) is 42.6 Å². The molecule has 0 radical (unpaired) electrons. The number of pyridine rings is 1. The summed E-state index contributed by atoms with van der Waals surface area (Å²) >= 11 is 0. The summed E-state index contributed by atoms with van der Waals surface area (Å²) < 4.78 is 45.9. The summed E-state index contributed by atoms with van der Waals surface area (Å²) in [4.78, 5) is 41.0. The maximum absolute atomic E-state index is 15.2. The second kappa shape index (κ2) is 15.2. The average molecular weight is 646 g/mol. The zero-order valence-electron chi connectivity index (χ0n) is 27.1. The van der Waals surface area contributed by atoms with Crippen molar-refractivity contribution in [2.45, 2.75) is 39.0 Å². The van der Waals surface area contributed by atoms with Gasteiger partial charge in [0.2, 0.25) is 11.8 Å². The Morgan fingerprint density at radius 2 is 1.54 bits per heavy atom. The van der Waals surface area contributed by atoms with Gasteiger partial charge >= 0.3 is 29.0 Å². The summed E-state index contributed by atoms with van der Waals surface area (Å²) in [7, 11) is 0. The van der Waals surface area contributed by atoms with Gasteiger partial charge in [0.25, 0.3) is 0 Å². The summed E-state index contributed by atoms with van der Waals surface area (Å²) in [6.07, 6.45) is 3.24. The van der Waals surface area contributed by atoms with Gasteiger partial charge in [-0.05, 0) is 81.1 Å². The molecule has 1 aliphatic carbocycles. The van der Waals surface area contributed by atoms with Crippen molar-refractivity contribution in [3.8, 4) is 23.0 Å². The molecule has 0 spiro atoms. The maximum atomic E-state index is 15.2. The van der Waals surface area contributed by atoms with Crippen molar-refractivity contribution in [2.75, 3.05) is 23.8 Å². The Kier molecular flexibility index (Phi) is 11.4. The van der Waals surface area contributed by atoms with Gasteiger partial charge in [0, 0.05) is 41.5 Å². The number of nitrogens with zero attached hydrogens (tertiary/aromatic N) is 1. The van der Waals surface area contributed by atoms with Crippen LogP contribution in [0.1, 0.15) is 41.9 Å². The van der Waals surface area contributed by atoms with Gasteiger partial charge in [-0.25, -0.2) is 8.78 Å². The SMILES string of the molecule is CCOc1cc2c(Oc3ccc(NC(=O)C4(C(=O)Nc5ccc(F)cc5)CC4)cc3F)ccnc2cc1OCCCCC(=O)O.[H-].[H-].[Mg+2]. The molecule has 0 unspecified atom stereocenters. The zero-order chi connectivity index (χ0) is 32.0. The van der Waals surface area contributed by atoms with Crippen molar-refractivity contribution in [1.82, 2.24) is 4.98 Å². The number of aromatic nitrogens is 1. The summed E-state index contributed by atoms with van der Waals surface area (Å²) in [5.41, 5.74) is -0.278. The second-order valence-corrected chi connectivity index (χ2v) is 10.5. The molecule has 46 heavy (non-hydrogen) atoms. The number of hydrogen-bond acceptors (Lipinski definition) is 7. The summed E-state index contributed by atoms with van der Waals surface area (Å²) in [6, 6.07) is 14.1. The Morgan fingerprint density at radius 1 is 0.870 bits per heavy atom. The number of rotatable bonds is 14. The van der Waals surface area contributed by atoms with E-state index >= 15 is 4.39 Å². The molecule has 0 bridgehead atoms. The second-order valence-electron chi connectivity index (χ2n) is 10.5. The van der Waals surface area contributed by atoms with Crippen LogP contribution in [0.2, 0.25) is 0 Å². The van der Waals surface area contributed by atoms with Gasteiger partial charge < -0.3 is 32.8 Å². The van der Waals surface area contributed by atoms with E-state index in [-0.39, 0.29) is 43.8 Å². The molecule has 0 saturated heterocycles. The number of carboxylic acid groups (broad SMARTS) is 1. The first-order valence-electron chi connectivity index (χ1n) is 14.4. The van der Waals surface area contributed by atoms with E-state index in [4.69, 9.17) is 19.3 Å². The number of carbonyl (C=O) groups excluding carboxylic acids is 2. The first-order valence-corrected chi connectivity index (χ1v) is 14.4. The number of amides is 2. The van der Waals surface area contributed by atoms with Crippen LogP contribution in [0.5, 0.6) is 23.0 Å². The minimum Gasteiger partial charge on any atom is -1.00 e. The van der Waals surface area contributed by atoms with Crippen molar-refractivity contribution in [1.29, 1.82) is 0 Å². The smallest absolute Gasteiger partial charge is 1.00 e. The van der Waals surface area contributed by atoms with Crippen LogP contribution in [-0.4, -0.2) is 64.1 Å². The molecular formula is C33H33F2MgN3O7. The summed E-state index contributed by atoms with van der Waals surface area (Å²) in [5, 5.41) is 14.6. The molecule has 238 valence electrons. The average Bonchev–Trinajstić information content (AvgIpc) is 3.82. The van der Waals surface area contributed by atoms with Crippen molar-refractivity contribution in [2.24, 2.45) is 5.41 Å². The predicted molar refractivity (Wildman–Crippen MR) is 170 cm³/mol. The standard InChI is InChI=1S/C33H31F2N3O7.Mg.2H/c1-2-43-28-18-23-25(19-29(28)44-16-4-3-5-30(39)40)36-15-12-26(23)45-27-11-10-22(17-24(27)35)38-32(42)33(13-14-33)31(41)37-21-8-6-20(34)7-9-21;;;/h6-12,15,17-19H,2-5,13-14,16H2,1H3,(H,37,41)(H,38,42)(H,39,40);;;/q;+2;2*-1. The zero-order valence-corrected chi connectivity index (χ0v) is 26.5. The van der Waals surface area contributed by atoms with Crippen molar-refractivity contribution < 1.29 is 45.3 Å². The summed E-state index contributed by atoms with van der Waals surface area (Å²) in [6.45, 7) is 2.47. The van der Waals surface area contributed by atoms with Gasteiger partial charge in [-0.1, -0.05) is 0 Å². The third-order valence-corrected chi connectivity index (χ3v) is 7.24. The number of anilines is 2. The molecule has 1 saturated carbocycles. The predicted octanol–water partition coefficient (Wildman–Crippen LogP) is 6.54. The maximum Gasteiger partial charge on any atom is 2.00 e. The van der Waals surface area contributed by atoms with E-state index in [1.807, 2.05) is 6.92 Å². The Bertz CT molecular complexity index is 1740. The number of unbranched alkanes of at least 4 members (excludes halogenated alkanes) is 1. The number of ether oxygens (including phenoxy) is 3. The number of carboxylic acids is 1. The van der Waals surface area contributed by atoms with Crippen molar-refractivity contribution in [3.05, 3.63) is 78.5 Å². The van der Waals surface area contributed by atoms with Crippen LogP contribution >= 0.6 is 0 Å². The first kappa shape index (κ1) is 34.4. The number of aliphatic carboxylic acids is 1. The largest absolute Gasteiger partial charge is 2.00 e. The van der Waals surface area contributed by atoms with Crippen LogP contribution in [0.3, 0.4) is 0 Å². The van der Waals surface area contributed by atoms with Gasteiger partial charge in [-0.15, -0.1) is 0 Å². The third-order valence-electron chi connectivity index (χ3n) is 7.24. The van der Waals surface area contributed by atoms with Gasteiger partial charge in [0.1, 0.15) is 17.0 Å². The van der Waals surface area contributed by atoms with E-state index in [9.17, 15) is 18.8 Å². The monoisotopic (exact) mass is 645 g/mol. The normalized spacial score (nSPS) is 12.8. The number of carbonyl (C=O) groups is 3. The topological polar surface area (TPSA) is 136 Å². The minimum atomic E-state index is -1.30. The molecule has 1 aromatic heterocycles. The van der Waals surface area contributed by atoms with Crippen LogP contribution in [-0.2, 0) is 14.4 Å². The minimum absolute atomic E-state index is 0. The number of halogens is 2. The molecule has 4 aromatic rings. The molecule has 3 aromatic carbocycles. The number of nitrogens with one attached hydrogen (secondary N) is 2. The Balaban J connectivity index is 0.00000267. The fourth-order valence-corrected chi connectivity index (χ4v) is 4.66. The van der Waals surface area contributed by atoms with Crippen molar-refractivity contribution >= 4 is 63.1 Å². The number of fused-ring (bicyclic) bond motifs is 1. The fourth-order valence-electron chi connectivity index (χ4n) is 4.66. The molecule has 5 rings (SSSR count). The molecule has 3 N–H and O–H groups in total. The quantitative estimate of drug-likeness (QED) is 0.0799. The number of benzene rings is 3. The Labute approximate surface area is 282 Å². The van der Waals surface area contributed by atoms with Gasteiger partial charge in [-0.2, -0.15) is 0 Å². The van der Waals surface area contributed by atoms with Gasteiger partial charge in [0.15, 0.2) is 23.1 Å². The Hall–Kier alpha value is -4.49. The van der Waals surface area contributed by atoms with E-state index in [2.05, 4.69) is 15.6 Å². The molecule has 0 aliphatic heterocycles. The van der Waals surface area contributed by atoms with E-state index < -0.39 is 34.8 Å². The van der Waals surface area contributed by atoms with Gasteiger partial charge in [0.05, 0.1) is 18.7 Å². The van der Waals surface area contributed by atoms with Crippen LogP contribution in [0.15, 0.2) is 66.9 Å². The van der Waals surface area contributed by atoms with Crippen LogP contribution in [0.25, 0.3) is 10.9 Å². The Morgan fingerprint density at radius 3 is 2.20 bits per heavy atom. The molecule has 13 heteroatoms. The van der Waals surface area contributed by atoms with E-state index in [0.29, 0.717) is 72.7 Å². The molecule has 2 amide bonds. The van der Waals surface area contributed by atoms with Crippen molar-refractivity contribution in [3.63, 3.8) is 0 Å². The number of hydrogen-bond donors (Lipinski definition) is 3. The van der Waals surface area contributed by atoms with E-state index in [1.54, 1.807) is 18.2 Å². The molecule has 1 aliphatic rings. The van der Waals surface area contributed by atoms with Crippen LogP contribution in [0, 0.1) is 17.0 Å². The van der Waals surface area contributed by atoms with E-state index in [0.717, 1.165) is 6.07 Å². The van der Waals surface area contributed by atoms with Crippen LogP contribution in [0.4, 0.5) is 20.2 Å². The fraction of sp³-hybridized carbons (Fsp3) is 0.273. The molecule has 10 nitrogen and oxygen atoms in total. The van der Waals surface area contributed by atoms with Gasteiger partial charge in [-0.3, -0.25) is 19.4 Å².